The van der Waals surface area contributed by atoms with Gasteiger partial charge in [0.25, 0.3) is 0 Å². The lowest BCUT2D eigenvalue weighted by atomic mass is 10.1. The SMILES string of the molecule is C#C.COc1cc(/C=C2/O[C@H](C)CN3C2=NO[C@H]3C)ccc1-n1cnc(C)c1.Fc1ccccc1. The van der Waals surface area contributed by atoms with Crippen LogP contribution in [0.2, 0.25) is 0 Å². The van der Waals surface area contributed by atoms with E-state index in [0.29, 0.717) is 5.76 Å². The van der Waals surface area contributed by atoms with E-state index in [1.54, 1.807) is 31.6 Å². The highest BCUT2D eigenvalue weighted by molar-refractivity contribution is 6.01. The maximum Gasteiger partial charge on any atom is 0.213 e. The lowest BCUT2D eigenvalue weighted by Crippen LogP contribution is -2.45. The van der Waals surface area contributed by atoms with Gasteiger partial charge >= 0.3 is 0 Å². The molecule has 0 radical (unpaired) electrons. The number of oxime groups is 1. The van der Waals surface area contributed by atoms with Crippen molar-refractivity contribution in [3.63, 3.8) is 0 Å². The maximum absolute atomic E-state index is 11.9. The largest absolute Gasteiger partial charge is 0.495 e. The molecule has 8 heteroatoms. The van der Waals surface area contributed by atoms with Gasteiger partial charge in [0.15, 0.2) is 12.0 Å². The van der Waals surface area contributed by atoms with Crippen molar-refractivity contribution in [2.45, 2.75) is 33.1 Å². The predicted octanol–water partition coefficient (Wildman–Crippen LogP) is 5.02. The van der Waals surface area contributed by atoms with E-state index in [4.69, 9.17) is 14.3 Å². The Morgan fingerprint density at radius 1 is 1.14 bits per heavy atom. The summed E-state index contributed by atoms with van der Waals surface area (Å²) >= 11 is 0. The first-order valence-corrected chi connectivity index (χ1v) is 11.1. The number of aryl methyl sites for hydroxylation is 1. The van der Waals surface area contributed by atoms with Gasteiger partial charge in [0.2, 0.25) is 5.84 Å². The number of nitrogens with zero attached hydrogens (tertiary/aromatic N) is 4. The summed E-state index contributed by atoms with van der Waals surface area (Å²) in [6.07, 6.45) is 13.7. The Labute approximate surface area is 205 Å². The monoisotopic (exact) mass is 476 g/mol. The molecule has 0 spiro atoms. The maximum atomic E-state index is 11.9. The van der Waals surface area contributed by atoms with Crippen molar-refractivity contribution in [2.75, 3.05) is 13.7 Å². The Hall–Kier alpha value is -4.25. The van der Waals surface area contributed by atoms with Crippen LogP contribution in [-0.2, 0) is 9.57 Å². The first kappa shape index (κ1) is 25.4. The number of ether oxygens (including phenoxy) is 2. The van der Waals surface area contributed by atoms with E-state index in [-0.39, 0.29) is 18.1 Å². The van der Waals surface area contributed by atoms with Gasteiger partial charge in [-0.05, 0) is 56.7 Å². The van der Waals surface area contributed by atoms with Gasteiger partial charge < -0.3 is 23.8 Å². The molecule has 1 fully saturated rings. The fourth-order valence-electron chi connectivity index (χ4n) is 3.63. The van der Waals surface area contributed by atoms with E-state index in [0.717, 1.165) is 35.1 Å². The summed E-state index contributed by atoms with van der Waals surface area (Å²) in [5.74, 6) is 2.03. The quantitative estimate of drug-likeness (QED) is 0.497. The van der Waals surface area contributed by atoms with Gasteiger partial charge in [0.1, 0.15) is 17.7 Å². The van der Waals surface area contributed by atoms with Crippen LogP contribution in [0, 0.1) is 25.6 Å². The van der Waals surface area contributed by atoms with Crippen LogP contribution in [0.5, 0.6) is 5.75 Å². The average molecular weight is 477 g/mol. The van der Waals surface area contributed by atoms with E-state index in [1.165, 1.54) is 12.1 Å². The van der Waals surface area contributed by atoms with Crippen molar-refractivity contribution in [2.24, 2.45) is 5.16 Å². The van der Waals surface area contributed by atoms with Gasteiger partial charge in [-0.2, -0.15) is 0 Å². The summed E-state index contributed by atoms with van der Waals surface area (Å²) in [5.41, 5.74) is 2.86. The fraction of sp³-hybridized carbons (Fsp3) is 0.259. The Kier molecular flexibility index (Phi) is 8.52. The van der Waals surface area contributed by atoms with Crippen LogP contribution in [0.15, 0.2) is 72.0 Å². The molecule has 182 valence electrons. The Bertz CT molecular complexity index is 1200. The van der Waals surface area contributed by atoms with Gasteiger partial charge in [-0.15, -0.1) is 12.8 Å². The molecule has 0 bridgehead atoms. The van der Waals surface area contributed by atoms with Crippen molar-refractivity contribution in [1.29, 1.82) is 0 Å². The van der Waals surface area contributed by atoms with Gasteiger partial charge in [-0.3, -0.25) is 0 Å². The standard InChI is InChI=1S/C19H22N4O3.C6H5F.C2H2/c1-12-9-22(11-20-12)16-6-5-15(7-17(16)24-4)8-18-19-21-26-14(3)23(19)10-13(2)25-18;7-6-4-2-1-3-5-6;1-2/h5-9,11,13-14H,10H2,1-4H3;1-5H;1-2H/b18-8+;;/t13-,14+;;/m1../s1. The molecule has 1 aromatic heterocycles. The molecule has 0 aliphatic carbocycles. The topological polar surface area (TPSA) is 61.1 Å². The number of fused-ring (bicyclic) bond motifs is 1. The second-order valence-corrected chi connectivity index (χ2v) is 7.86. The van der Waals surface area contributed by atoms with Gasteiger partial charge in [-0.25, -0.2) is 9.37 Å². The lowest BCUT2D eigenvalue weighted by Gasteiger charge is -2.32. The number of amidine groups is 1. The van der Waals surface area contributed by atoms with Crippen molar-refractivity contribution in [3.05, 3.63) is 83.9 Å². The number of imidazole rings is 1. The van der Waals surface area contributed by atoms with Crippen LogP contribution in [-0.4, -0.2) is 46.3 Å². The van der Waals surface area contributed by atoms with Gasteiger partial charge in [0.05, 0.1) is 31.4 Å². The predicted molar refractivity (Wildman–Crippen MR) is 134 cm³/mol. The van der Waals surface area contributed by atoms with Crippen molar-refractivity contribution in [3.8, 4) is 24.3 Å². The number of hydrogen-bond acceptors (Lipinski definition) is 6. The minimum absolute atomic E-state index is 0.0684. The third-order valence-electron chi connectivity index (χ3n) is 5.23. The molecule has 7 nitrogen and oxygen atoms in total. The minimum atomic E-state index is -0.178. The number of morpholine rings is 1. The molecular formula is C27H29FN4O3. The zero-order valence-electron chi connectivity index (χ0n) is 20.3. The number of methoxy groups -OCH3 is 1. The zero-order valence-corrected chi connectivity index (χ0v) is 20.3. The molecule has 0 amide bonds. The summed E-state index contributed by atoms with van der Waals surface area (Å²) in [6.45, 7) is 6.75. The van der Waals surface area contributed by atoms with Crippen LogP contribution in [0.25, 0.3) is 11.8 Å². The zero-order chi connectivity index (χ0) is 25.4. The molecule has 2 atom stereocenters. The third kappa shape index (κ3) is 6.21. The molecule has 0 N–H and O–H groups in total. The second-order valence-electron chi connectivity index (χ2n) is 7.86. The normalized spacial score (nSPS) is 19.1. The average Bonchev–Trinajstić information content (AvgIpc) is 3.47. The second kappa shape index (κ2) is 11.7. The highest BCUT2D eigenvalue weighted by atomic mass is 19.1. The molecule has 0 saturated carbocycles. The van der Waals surface area contributed by atoms with E-state index >= 15 is 0 Å². The summed E-state index contributed by atoms with van der Waals surface area (Å²) in [6, 6.07) is 13.9. The molecule has 0 unspecified atom stereocenters. The molecule has 1 saturated heterocycles. The molecule has 2 aliphatic heterocycles. The van der Waals surface area contributed by atoms with Crippen LogP contribution in [0.4, 0.5) is 4.39 Å². The Morgan fingerprint density at radius 2 is 1.89 bits per heavy atom. The van der Waals surface area contributed by atoms with Crippen LogP contribution < -0.4 is 4.74 Å². The minimum Gasteiger partial charge on any atom is -0.495 e. The van der Waals surface area contributed by atoms with Crippen LogP contribution in [0.3, 0.4) is 0 Å². The van der Waals surface area contributed by atoms with Gasteiger partial charge in [0, 0.05) is 6.20 Å². The number of rotatable bonds is 3. The molecule has 2 aromatic carbocycles. The summed E-state index contributed by atoms with van der Waals surface area (Å²) in [5, 5.41) is 4.17. The first-order chi connectivity index (χ1) is 16.9. The lowest BCUT2D eigenvalue weighted by molar-refractivity contribution is -0.00143. The number of halogens is 1. The molecule has 5 rings (SSSR count). The first-order valence-electron chi connectivity index (χ1n) is 11.1. The molecule has 35 heavy (non-hydrogen) atoms. The molecule has 2 aliphatic rings. The molecule has 3 aromatic rings. The van der Waals surface area contributed by atoms with Crippen molar-refractivity contribution >= 4 is 11.9 Å². The van der Waals surface area contributed by atoms with E-state index < -0.39 is 0 Å². The van der Waals surface area contributed by atoms with E-state index in [1.807, 2.05) is 55.8 Å². The smallest absolute Gasteiger partial charge is 0.213 e. The van der Waals surface area contributed by atoms with Crippen LogP contribution in [0.1, 0.15) is 25.1 Å². The highest BCUT2D eigenvalue weighted by Crippen LogP contribution is 2.29. The number of aromatic nitrogens is 2. The number of benzene rings is 2. The summed E-state index contributed by atoms with van der Waals surface area (Å²) in [4.78, 5) is 11.8. The van der Waals surface area contributed by atoms with Crippen molar-refractivity contribution < 1.29 is 18.7 Å². The van der Waals surface area contributed by atoms with Crippen molar-refractivity contribution in [1.82, 2.24) is 14.5 Å². The van der Waals surface area contributed by atoms with E-state index in [2.05, 4.69) is 27.9 Å². The van der Waals surface area contributed by atoms with Crippen LogP contribution >= 0.6 is 0 Å². The Morgan fingerprint density at radius 3 is 2.49 bits per heavy atom. The molecule has 3 heterocycles. The summed E-state index contributed by atoms with van der Waals surface area (Å²) < 4.78 is 25.4. The Balaban J connectivity index is 0.000000324. The highest BCUT2D eigenvalue weighted by Gasteiger charge is 2.36. The number of terminal acetylenes is 1. The van der Waals surface area contributed by atoms with Gasteiger partial charge in [-0.1, -0.05) is 29.4 Å². The van der Waals surface area contributed by atoms with E-state index in [9.17, 15) is 4.39 Å². The fourth-order valence-corrected chi connectivity index (χ4v) is 3.63. The molecular weight excluding hydrogens is 447 g/mol. The summed E-state index contributed by atoms with van der Waals surface area (Å²) in [7, 11) is 1.66. The number of hydrogen-bond donors (Lipinski definition) is 0. The third-order valence-corrected chi connectivity index (χ3v) is 5.23.